The molecule has 0 bridgehead atoms. The summed E-state index contributed by atoms with van der Waals surface area (Å²) in [5.41, 5.74) is 0. The van der Waals surface area contributed by atoms with E-state index in [1.165, 1.54) is 0 Å². The number of rotatable bonds is 2. The molecule has 0 aliphatic carbocycles. The maximum atomic E-state index is 12.1. The van der Waals surface area contributed by atoms with Gasteiger partial charge in [-0.15, -0.1) is 0 Å². The summed E-state index contributed by atoms with van der Waals surface area (Å²) in [4.78, 5) is 1.59. The second-order valence-corrected chi connectivity index (χ2v) is 4.00. The van der Waals surface area contributed by atoms with Crippen LogP contribution < -0.4 is 0 Å². The van der Waals surface area contributed by atoms with Crippen LogP contribution in [0.4, 0.5) is 13.2 Å². The van der Waals surface area contributed by atoms with Crippen LogP contribution in [0.25, 0.3) is 0 Å². The Balaban J connectivity index is 2.42. The van der Waals surface area contributed by atoms with Crippen molar-refractivity contribution in [2.75, 3.05) is 32.8 Å². The summed E-state index contributed by atoms with van der Waals surface area (Å²) in [5, 5.41) is 8.91. The van der Waals surface area contributed by atoms with Gasteiger partial charge >= 0.3 is 6.18 Å². The molecule has 3 nitrogen and oxygen atoms in total. The van der Waals surface area contributed by atoms with Crippen LogP contribution in [0, 0.1) is 5.92 Å². The van der Waals surface area contributed by atoms with Gasteiger partial charge in [-0.3, -0.25) is 4.90 Å². The van der Waals surface area contributed by atoms with Crippen LogP contribution in [0.1, 0.15) is 6.92 Å². The molecule has 1 rings (SSSR count). The molecule has 0 amide bonds. The molecule has 15 heavy (non-hydrogen) atoms. The molecule has 6 heteroatoms. The highest BCUT2D eigenvalue weighted by atomic mass is 19.4. The molecule has 0 aromatic heterocycles. The van der Waals surface area contributed by atoms with Crippen LogP contribution in [0.3, 0.4) is 0 Å². The molecule has 0 aromatic carbocycles. The summed E-state index contributed by atoms with van der Waals surface area (Å²) in [6.45, 7) is 3.52. The summed E-state index contributed by atoms with van der Waals surface area (Å²) < 4.78 is 41.5. The van der Waals surface area contributed by atoms with E-state index in [0.29, 0.717) is 26.3 Å². The maximum Gasteiger partial charge on any atom is 0.415 e. The highest BCUT2D eigenvalue weighted by molar-refractivity contribution is 4.74. The number of aliphatic hydroxyl groups is 1. The quantitative estimate of drug-likeness (QED) is 0.760. The van der Waals surface area contributed by atoms with Crippen molar-refractivity contribution in [1.82, 2.24) is 4.90 Å². The van der Waals surface area contributed by atoms with Crippen LogP contribution >= 0.6 is 0 Å². The summed E-state index contributed by atoms with van der Waals surface area (Å²) in [6.07, 6.45) is -6.79. The zero-order valence-corrected chi connectivity index (χ0v) is 8.63. The first-order chi connectivity index (χ1) is 6.89. The molecule has 1 fully saturated rings. The number of β-amino-alcohol motifs (C(OH)–C–C–N with tert-alkyl or cyclic N) is 1. The van der Waals surface area contributed by atoms with E-state index in [9.17, 15) is 13.2 Å². The van der Waals surface area contributed by atoms with Gasteiger partial charge in [0.1, 0.15) is 0 Å². The molecular formula is C9H16F3NO2. The standard InChI is InChI=1S/C9H16F3NO2/c1-7-4-13(2-3-15-6-7)5-8(14)9(10,11)12/h7-8,14H,2-6H2,1H3/t7-,8+/m1/s1. The lowest BCUT2D eigenvalue weighted by atomic mass is 10.2. The molecule has 1 saturated heterocycles. The van der Waals surface area contributed by atoms with E-state index in [2.05, 4.69) is 0 Å². The van der Waals surface area contributed by atoms with E-state index in [0.717, 1.165) is 0 Å². The zero-order valence-electron chi connectivity index (χ0n) is 8.63. The third-order valence-electron chi connectivity index (χ3n) is 2.33. The van der Waals surface area contributed by atoms with E-state index in [1.54, 1.807) is 4.90 Å². The van der Waals surface area contributed by atoms with E-state index in [1.807, 2.05) is 6.92 Å². The largest absolute Gasteiger partial charge is 0.415 e. The Kier molecular flexibility index (Phi) is 4.36. The Hall–Kier alpha value is -0.330. The highest BCUT2D eigenvalue weighted by Crippen LogP contribution is 2.21. The SMILES string of the molecule is C[C@H]1COCCN(C[C@H](O)C(F)(F)F)C1. The third kappa shape index (κ3) is 4.36. The lowest BCUT2D eigenvalue weighted by Gasteiger charge is -2.25. The normalized spacial score (nSPS) is 27.4. The predicted octanol–water partition coefficient (Wildman–Crippen LogP) is 0.878. The van der Waals surface area contributed by atoms with Crippen molar-refractivity contribution < 1.29 is 23.0 Å². The fourth-order valence-corrected chi connectivity index (χ4v) is 1.58. The van der Waals surface area contributed by atoms with E-state index < -0.39 is 12.3 Å². The number of alkyl halides is 3. The summed E-state index contributed by atoms with van der Waals surface area (Å²) in [6, 6.07) is 0. The van der Waals surface area contributed by atoms with Crippen LogP contribution in [0.2, 0.25) is 0 Å². The molecule has 0 radical (unpaired) electrons. The van der Waals surface area contributed by atoms with Crippen molar-refractivity contribution in [3.8, 4) is 0 Å². The fourth-order valence-electron chi connectivity index (χ4n) is 1.58. The fraction of sp³-hybridized carbons (Fsp3) is 1.00. The van der Waals surface area contributed by atoms with Crippen molar-refractivity contribution in [3.05, 3.63) is 0 Å². The zero-order chi connectivity index (χ0) is 11.5. The molecule has 2 atom stereocenters. The van der Waals surface area contributed by atoms with Crippen molar-refractivity contribution in [2.24, 2.45) is 5.92 Å². The second kappa shape index (κ2) is 5.14. The minimum Gasteiger partial charge on any atom is -0.382 e. The average molecular weight is 227 g/mol. The number of halogens is 3. The Labute approximate surface area is 86.8 Å². The van der Waals surface area contributed by atoms with Crippen molar-refractivity contribution in [1.29, 1.82) is 0 Å². The van der Waals surface area contributed by atoms with Gasteiger partial charge in [-0.1, -0.05) is 6.92 Å². The second-order valence-electron chi connectivity index (χ2n) is 4.00. The van der Waals surface area contributed by atoms with Crippen LogP contribution in [-0.4, -0.2) is 55.1 Å². The van der Waals surface area contributed by atoms with Gasteiger partial charge in [-0.2, -0.15) is 13.2 Å². The van der Waals surface area contributed by atoms with Crippen molar-refractivity contribution in [3.63, 3.8) is 0 Å². The van der Waals surface area contributed by atoms with Gasteiger partial charge in [-0.05, 0) is 5.92 Å². The first-order valence-corrected chi connectivity index (χ1v) is 4.94. The van der Waals surface area contributed by atoms with E-state index in [4.69, 9.17) is 9.84 Å². The molecule has 1 aliphatic rings. The van der Waals surface area contributed by atoms with Gasteiger partial charge in [0.25, 0.3) is 0 Å². The molecular weight excluding hydrogens is 211 g/mol. The Morgan fingerprint density at radius 3 is 2.80 bits per heavy atom. The van der Waals surface area contributed by atoms with Gasteiger partial charge in [-0.25, -0.2) is 0 Å². The number of hydrogen-bond donors (Lipinski definition) is 1. The van der Waals surface area contributed by atoms with Gasteiger partial charge in [0.2, 0.25) is 0 Å². The van der Waals surface area contributed by atoms with Crippen LogP contribution in [-0.2, 0) is 4.74 Å². The Morgan fingerprint density at radius 1 is 1.53 bits per heavy atom. The monoisotopic (exact) mass is 227 g/mol. The lowest BCUT2D eigenvalue weighted by molar-refractivity contribution is -0.208. The molecule has 1 N–H and O–H groups in total. The van der Waals surface area contributed by atoms with Gasteiger partial charge < -0.3 is 9.84 Å². The van der Waals surface area contributed by atoms with Gasteiger partial charge in [0.05, 0.1) is 13.2 Å². The van der Waals surface area contributed by atoms with Gasteiger partial charge in [0.15, 0.2) is 6.10 Å². The Bertz CT molecular complexity index is 198. The number of aliphatic hydroxyl groups excluding tert-OH is 1. The number of hydrogen-bond acceptors (Lipinski definition) is 3. The minimum absolute atomic E-state index is 0.202. The lowest BCUT2D eigenvalue weighted by Crippen LogP contribution is -2.42. The maximum absolute atomic E-state index is 12.1. The van der Waals surface area contributed by atoms with Crippen molar-refractivity contribution in [2.45, 2.75) is 19.2 Å². The molecule has 0 aromatic rings. The minimum atomic E-state index is -4.53. The third-order valence-corrected chi connectivity index (χ3v) is 2.33. The molecule has 1 aliphatic heterocycles. The predicted molar refractivity (Wildman–Crippen MR) is 48.5 cm³/mol. The van der Waals surface area contributed by atoms with Crippen LogP contribution in [0.15, 0.2) is 0 Å². The first-order valence-electron chi connectivity index (χ1n) is 4.94. The molecule has 90 valence electrons. The molecule has 0 unspecified atom stereocenters. The number of ether oxygens (including phenoxy) is 1. The first kappa shape index (κ1) is 12.7. The summed E-state index contributed by atoms with van der Waals surface area (Å²) in [5.74, 6) is 0.202. The Morgan fingerprint density at radius 2 is 2.20 bits per heavy atom. The molecule has 0 spiro atoms. The topological polar surface area (TPSA) is 32.7 Å². The molecule has 0 saturated carbocycles. The smallest absolute Gasteiger partial charge is 0.382 e. The van der Waals surface area contributed by atoms with Crippen molar-refractivity contribution >= 4 is 0 Å². The summed E-state index contributed by atoms with van der Waals surface area (Å²) >= 11 is 0. The molecule has 1 heterocycles. The van der Waals surface area contributed by atoms with E-state index in [-0.39, 0.29) is 12.5 Å². The summed E-state index contributed by atoms with van der Waals surface area (Å²) in [7, 11) is 0. The number of nitrogens with zero attached hydrogens (tertiary/aromatic N) is 1. The highest BCUT2D eigenvalue weighted by Gasteiger charge is 2.39. The van der Waals surface area contributed by atoms with Gasteiger partial charge in [0, 0.05) is 19.6 Å². The van der Waals surface area contributed by atoms with Crippen LogP contribution in [0.5, 0.6) is 0 Å². The van der Waals surface area contributed by atoms with E-state index >= 15 is 0 Å². The average Bonchev–Trinajstić information content (AvgIpc) is 2.28.